The lowest BCUT2D eigenvalue weighted by Gasteiger charge is -2.05. The van der Waals surface area contributed by atoms with Crippen LogP contribution in [-0.4, -0.2) is 22.2 Å². The lowest BCUT2D eigenvalue weighted by molar-refractivity contribution is 0.0651. The summed E-state index contributed by atoms with van der Waals surface area (Å²) in [7, 11) is 0. The van der Waals surface area contributed by atoms with E-state index in [2.05, 4.69) is 6.92 Å². The average molecular weight is 332 g/mol. The first-order valence-electron chi connectivity index (χ1n) is 8.84. The van der Waals surface area contributed by atoms with Gasteiger partial charge in [-0.1, -0.05) is 76.2 Å². The van der Waals surface area contributed by atoms with Crippen LogP contribution in [0, 0.1) is 0 Å². The van der Waals surface area contributed by atoms with Gasteiger partial charge in [0, 0.05) is 0 Å². The first-order valence-corrected chi connectivity index (χ1v) is 8.84. The standard InChI is InChI=1S/C20H28O4/c1-2-3-4-5-6-7-8-9-10-11-13-16-14-12-15-17(19(21)22)18(16)20(23)24/h11-15H,2-10H2,1H3,(H,21,22)(H,23,24)/b13-11+. The van der Waals surface area contributed by atoms with E-state index in [1.165, 1.54) is 51.0 Å². The van der Waals surface area contributed by atoms with Gasteiger partial charge in [0.15, 0.2) is 0 Å². The summed E-state index contributed by atoms with van der Waals surface area (Å²) in [6, 6.07) is 4.54. The van der Waals surface area contributed by atoms with Crippen LogP contribution in [0.15, 0.2) is 24.3 Å². The molecule has 132 valence electrons. The number of hydrogen-bond acceptors (Lipinski definition) is 2. The summed E-state index contributed by atoms with van der Waals surface area (Å²) in [5.74, 6) is -2.43. The third-order valence-corrected chi connectivity index (χ3v) is 4.06. The fourth-order valence-electron chi connectivity index (χ4n) is 2.73. The molecule has 4 nitrogen and oxygen atoms in total. The number of rotatable bonds is 12. The van der Waals surface area contributed by atoms with Crippen molar-refractivity contribution in [1.29, 1.82) is 0 Å². The van der Waals surface area contributed by atoms with E-state index in [-0.39, 0.29) is 11.1 Å². The minimum atomic E-state index is -1.22. The second kappa shape index (κ2) is 11.4. The Morgan fingerprint density at radius 1 is 0.917 bits per heavy atom. The van der Waals surface area contributed by atoms with Gasteiger partial charge < -0.3 is 10.2 Å². The monoisotopic (exact) mass is 332 g/mol. The van der Waals surface area contributed by atoms with Crippen LogP contribution in [-0.2, 0) is 0 Å². The molecule has 1 rings (SSSR count). The Morgan fingerprint density at radius 3 is 2.12 bits per heavy atom. The van der Waals surface area contributed by atoms with Crippen LogP contribution in [0.2, 0.25) is 0 Å². The molecule has 0 bridgehead atoms. The molecule has 0 aliphatic heterocycles. The Hall–Kier alpha value is -2.10. The fourth-order valence-corrected chi connectivity index (χ4v) is 2.73. The summed E-state index contributed by atoms with van der Waals surface area (Å²) in [5, 5.41) is 18.4. The van der Waals surface area contributed by atoms with E-state index in [9.17, 15) is 14.7 Å². The van der Waals surface area contributed by atoms with Crippen molar-refractivity contribution in [2.45, 2.75) is 64.7 Å². The molecule has 24 heavy (non-hydrogen) atoms. The van der Waals surface area contributed by atoms with Crippen molar-refractivity contribution in [2.75, 3.05) is 0 Å². The Bertz CT molecular complexity index is 561. The lowest BCUT2D eigenvalue weighted by atomic mass is 10.00. The van der Waals surface area contributed by atoms with Crippen LogP contribution in [0.4, 0.5) is 0 Å². The van der Waals surface area contributed by atoms with Crippen LogP contribution in [0.3, 0.4) is 0 Å². The van der Waals surface area contributed by atoms with Gasteiger partial charge in [-0.3, -0.25) is 0 Å². The third-order valence-electron chi connectivity index (χ3n) is 4.06. The molecule has 0 radical (unpaired) electrons. The SMILES string of the molecule is CCCCCCCCCC/C=C/c1cccc(C(=O)O)c1C(=O)O. The highest BCUT2D eigenvalue weighted by Crippen LogP contribution is 2.18. The van der Waals surface area contributed by atoms with Crippen molar-refractivity contribution in [3.05, 3.63) is 41.0 Å². The largest absolute Gasteiger partial charge is 0.478 e. The number of allylic oxidation sites excluding steroid dienone is 1. The summed E-state index contributed by atoms with van der Waals surface area (Å²) in [4.78, 5) is 22.5. The normalized spacial score (nSPS) is 11.0. The van der Waals surface area contributed by atoms with Crippen LogP contribution in [0.25, 0.3) is 6.08 Å². The smallest absolute Gasteiger partial charge is 0.337 e. The molecule has 1 aromatic rings. The topological polar surface area (TPSA) is 74.6 Å². The van der Waals surface area contributed by atoms with Crippen LogP contribution < -0.4 is 0 Å². The molecule has 0 aliphatic rings. The number of carbonyl (C=O) groups is 2. The van der Waals surface area contributed by atoms with Crippen molar-refractivity contribution in [1.82, 2.24) is 0 Å². The van der Waals surface area contributed by atoms with Crippen molar-refractivity contribution in [3.8, 4) is 0 Å². The first-order chi connectivity index (χ1) is 11.6. The molecule has 0 atom stereocenters. The zero-order valence-electron chi connectivity index (χ0n) is 14.5. The Morgan fingerprint density at radius 2 is 1.54 bits per heavy atom. The van der Waals surface area contributed by atoms with Gasteiger partial charge in [0.05, 0.1) is 11.1 Å². The van der Waals surface area contributed by atoms with Crippen molar-refractivity contribution in [2.24, 2.45) is 0 Å². The minimum absolute atomic E-state index is 0.142. The maximum atomic E-state index is 11.3. The van der Waals surface area contributed by atoms with Gasteiger partial charge in [0.25, 0.3) is 0 Å². The molecular weight excluding hydrogens is 304 g/mol. The zero-order chi connectivity index (χ0) is 17.8. The van der Waals surface area contributed by atoms with E-state index in [1.54, 1.807) is 18.2 Å². The highest BCUT2D eigenvalue weighted by atomic mass is 16.4. The number of carboxylic acid groups (broad SMARTS) is 2. The highest BCUT2D eigenvalue weighted by Gasteiger charge is 2.18. The highest BCUT2D eigenvalue weighted by molar-refractivity contribution is 6.04. The molecule has 1 aromatic carbocycles. The molecule has 0 spiro atoms. The Labute approximate surface area is 144 Å². The lowest BCUT2D eigenvalue weighted by Crippen LogP contribution is -2.09. The molecular formula is C20H28O4. The predicted octanol–water partition coefficient (Wildman–Crippen LogP) is 5.63. The summed E-state index contributed by atoms with van der Waals surface area (Å²) in [5.41, 5.74) is 0.135. The van der Waals surface area contributed by atoms with E-state index < -0.39 is 11.9 Å². The van der Waals surface area contributed by atoms with E-state index in [4.69, 9.17) is 5.11 Å². The minimum Gasteiger partial charge on any atom is -0.478 e. The van der Waals surface area contributed by atoms with Gasteiger partial charge in [0.2, 0.25) is 0 Å². The maximum Gasteiger partial charge on any atom is 0.337 e. The molecule has 0 amide bonds. The molecule has 0 fully saturated rings. The van der Waals surface area contributed by atoms with Gasteiger partial charge in [-0.05, 0) is 24.5 Å². The second-order valence-electron chi connectivity index (χ2n) is 6.05. The number of hydrogen-bond donors (Lipinski definition) is 2. The average Bonchev–Trinajstić information content (AvgIpc) is 2.56. The van der Waals surface area contributed by atoms with Crippen LogP contribution >= 0.6 is 0 Å². The Kier molecular flexibility index (Phi) is 9.51. The predicted molar refractivity (Wildman–Crippen MR) is 96.6 cm³/mol. The second-order valence-corrected chi connectivity index (χ2v) is 6.05. The van der Waals surface area contributed by atoms with Gasteiger partial charge >= 0.3 is 11.9 Å². The Balaban J connectivity index is 2.44. The zero-order valence-corrected chi connectivity index (χ0v) is 14.5. The molecule has 4 heteroatoms. The number of benzene rings is 1. The van der Waals surface area contributed by atoms with E-state index in [0.717, 1.165) is 12.8 Å². The quantitative estimate of drug-likeness (QED) is 0.487. The molecule has 0 aromatic heterocycles. The van der Waals surface area contributed by atoms with Gasteiger partial charge in [0.1, 0.15) is 0 Å². The van der Waals surface area contributed by atoms with Gasteiger partial charge in [-0.15, -0.1) is 0 Å². The van der Waals surface area contributed by atoms with Gasteiger partial charge in [-0.25, -0.2) is 9.59 Å². The molecule has 2 N–H and O–H groups in total. The van der Waals surface area contributed by atoms with Gasteiger partial charge in [-0.2, -0.15) is 0 Å². The molecule has 0 heterocycles. The maximum absolute atomic E-state index is 11.3. The van der Waals surface area contributed by atoms with E-state index >= 15 is 0 Å². The summed E-state index contributed by atoms with van der Waals surface area (Å²) in [6.07, 6.45) is 14.5. The van der Waals surface area contributed by atoms with Crippen molar-refractivity contribution in [3.63, 3.8) is 0 Å². The first kappa shape index (κ1) is 19.9. The third kappa shape index (κ3) is 6.99. The van der Waals surface area contributed by atoms with Crippen LogP contribution in [0.5, 0.6) is 0 Å². The van der Waals surface area contributed by atoms with Crippen molar-refractivity contribution >= 4 is 18.0 Å². The molecule has 0 unspecified atom stereocenters. The van der Waals surface area contributed by atoms with E-state index in [1.807, 2.05) is 6.08 Å². The fraction of sp³-hybridized carbons (Fsp3) is 0.500. The molecule has 0 saturated heterocycles. The summed E-state index contributed by atoms with van der Waals surface area (Å²) >= 11 is 0. The molecule has 0 saturated carbocycles. The number of unbranched alkanes of at least 4 members (excludes halogenated alkanes) is 8. The number of carboxylic acids is 2. The summed E-state index contributed by atoms with van der Waals surface area (Å²) in [6.45, 7) is 2.22. The van der Waals surface area contributed by atoms with E-state index in [0.29, 0.717) is 5.56 Å². The molecule has 0 aliphatic carbocycles. The van der Waals surface area contributed by atoms with Crippen LogP contribution in [0.1, 0.15) is 91.0 Å². The van der Waals surface area contributed by atoms with Crippen molar-refractivity contribution < 1.29 is 19.8 Å². The summed E-state index contributed by atoms with van der Waals surface area (Å²) < 4.78 is 0. The number of aromatic carboxylic acids is 2.